The monoisotopic (exact) mass is 292 g/mol. The number of urea groups is 1. The highest BCUT2D eigenvalue weighted by Gasteiger charge is 2.09. The maximum atomic E-state index is 11.6. The number of amides is 2. The molecule has 1 aromatic carbocycles. The second-order valence-electron chi connectivity index (χ2n) is 3.85. The molecule has 1 rings (SSSR count). The van der Waals surface area contributed by atoms with Crippen molar-refractivity contribution in [1.29, 1.82) is 0 Å². The van der Waals surface area contributed by atoms with Gasteiger partial charge >= 0.3 is 18.0 Å². The largest absolute Gasteiger partial charge is 0.468 e. The fraction of sp³-hybridized carbons (Fsp3) is 0.214. The van der Waals surface area contributed by atoms with Gasteiger partial charge < -0.3 is 20.1 Å². The van der Waals surface area contributed by atoms with E-state index in [0.29, 0.717) is 11.3 Å². The van der Waals surface area contributed by atoms with Gasteiger partial charge in [0.1, 0.15) is 13.2 Å². The lowest BCUT2D eigenvalue weighted by molar-refractivity contribution is -0.139. The lowest BCUT2D eigenvalue weighted by Crippen LogP contribution is -2.33. The molecule has 0 aliphatic carbocycles. The second kappa shape index (κ2) is 8.36. The van der Waals surface area contributed by atoms with E-state index in [1.54, 1.807) is 18.2 Å². The van der Waals surface area contributed by atoms with Crippen molar-refractivity contribution < 1.29 is 23.9 Å². The number of benzene rings is 1. The average Bonchev–Trinajstić information content (AvgIpc) is 2.50. The number of hydrogen-bond acceptors (Lipinski definition) is 5. The summed E-state index contributed by atoms with van der Waals surface area (Å²) in [5.41, 5.74) is 0.688. The van der Waals surface area contributed by atoms with Crippen LogP contribution in [0.3, 0.4) is 0 Å². The third-order valence-corrected chi connectivity index (χ3v) is 2.31. The normalized spacial score (nSPS) is 9.38. The molecule has 0 fully saturated rings. The van der Waals surface area contributed by atoms with Crippen molar-refractivity contribution in [3.63, 3.8) is 0 Å². The molecule has 0 radical (unpaired) electrons. The van der Waals surface area contributed by atoms with Crippen molar-refractivity contribution in [3.8, 4) is 0 Å². The second-order valence-corrected chi connectivity index (χ2v) is 3.85. The van der Waals surface area contributed by atoms with Crippen molar-refractivity contribution in [2.75, 3.05) is 25.6 Å². The van der Waals surface area contributed by atoms with Crippen molar-refractivity contribution >= 4 is 23.7 Å². The number of esters is 2. The first kappa shape index (κ1) is 16.2. The lowest BCUT2D eigenvalue weighted by atomic mass is 10.2. The topological polar surface area (TPSA) is 93.7 Å². The molecule has 0 spiro atoms. The molecule has 112 valence electrons. The quantitative estimate of drug-likeness (QED) is 0.609. The zero-order chi connectivity index (χ0) is 15.7. The molecule has 2 amide bonds. The standard InChI is InChI=1S/C14H16N2O5/c1-3-7-21-13(18)10-5-4-6-11(8-10)16-14(19)15-9-12(17)20-2/h3-6,8H,1,7,9H2,2H3,(H2,15,16,19). The maximum Gasteiger partial charge on any atom is 0.338 e. The summed E-state index contributed by atoms with van der Waals surface area (Å²) in [7, 11) is 1.22. The lowest BCUT2D eigenvalue weighted by Gasteiger charge is -2.08. The number of carbonyl (C=O) groups excluding carboxylic acids is 3. The molecule has 0 bridgehead atoms. The van der Waals surface area contributed by atoms with Gasteiger partial charge in [0, 0.05) is 5.69 Å². The summed E-state index contributed by atoms with van der Waals surface area (Å²) >= 11 is 0. The number of anilines is 1. The maximum absolute atomic E-state index is 11.6. The van der Waals surface area contributed by atoms with Gasteiger partial charge in [-0.3, -0.25) is 4.79 Å². The van der Waals surface area contributed by atoms with Crippen molar-refractivity contribution in [1.82, 2.24) is 5.32 Å². The van der Waals surface area contributed by atoms with Crippen LogP contribution in [0, 0.1) is 0 Å². The van der Waals surface area contributed by atoms with Crippen LogP contribution in [0.5, 0.6) is 0 Å². The van der Waals surface area contributed by atoms with Crippen molar-refractivity contribution in [2.24, 2.45) is 0 Å². The molecule has 7 heteroatoms. The highest BCUT2D eigenvalue weighted by atomic mass is 16.5. The van der Waals surface area contributed by atoms with Crippen LogP contribution in [0.15, 0.2) is 36.9 Å². The average molecular weight is 292 g/mol. The minimum Gasteiger partial charge on any atom is -0.468 e. The van der Waals surface area contributed by atoms with Gasteiger partial charge in [0.05, 0.1) is 12.7 Å². The Morgan fingerprint density at radius 1 is 1.33 bits per heavy atom. The zero-order valence-corrected chi connectivity index (χ0v) is 11.5. The van der Waals surface area contributed by atoms with Crippen LogP contribution in [0.1, 0.15) is 10.4 Å². The first-order valence-electron chi connectivity index (χ1n) is 6.06. The van der Waals surface area contributed by atoms with E-state index < -0.39 is 18.0 Å². The zero-order valence-electron chi connectivity index (χ0n) is 11.5. The summed E-state index contributed by atoms with van der Waals surface area (Å²) in [5.74, 6) is -1.08. The highest BCUT2D eigenvalue weighted by Crippen LogP contribution is 2.11. The first-order chi connectivity index (χ1) is 10.1. The summed E-state index contributed by atoms with van der Waals surface area (Å²) in [6.07, 6.45) is 1.46. The third-order valence-electron chi connectivity index (χ3n) is 2.31. The van der Waals surface area contributed by atoms with E-state index in [-0.39, 0.29) is 13.2 Å². The molecule has 0 saturated carbocycles. The fourth-order valence-electron chi connectivity index (χ4n) is 1.34. The number of nitrogens with one attached hydrogen (secondary N) is 2. The fourth-order valence-corrected chi connectivity index (χ4v) is 1.34. The van der Waals surface area contributed by atoms with E-state index in [4.69, 9.17) is 4.74 Å². The number of hydrogen-bond donors (Lipinski definition) is 2. The molecule has 21 heavy (non-hydrogen) atoms. The SMILES string of the molecule is C=CCOC(=O)c1cccc(NC(=O)NCC(=O)OC)c1. The molecule has 0 atom stereocenters. The van der Waals surface area contributed by atoms with Crippen LogP contribution in [-0.2, 0) is 14.3 Å². The summed E-state index contributed by atoms with van der Waals surface area (Å²) in [5, 5.41) is 4.80. The molecule has 0 aromatic heterocycles. The van der Waals surface area contributed by atoms with Crippen LogP contribution in [0.4, 0.5) is 10.5 Å². The Morgan fingerprint density at radius 3 is 2.76 bits per heavy atom. The number of ether oxygens (including phenoxy) is 2. The van der Waals surface area contributed by atoms with Crippen LogP contribution in [0.2, 0.25) is 0 Å². The highest BCUT2D eigenvalue weighted by molar-refractivity contribution is 5.94. The Bertz CT molecular complexity index is 542. The van der Waals surface area contributed by atoms with Crippen LogP contribution in [-0.4, -0.2) is 38.2 Å². The Balaban J connectivity index is 2.59. The Hall–Kier alpha value is -2.83. The van der Waals surface area contributed by atoms with Gasteiger partial charge in [-0.2, -0.15) is 0 Å². The van der Waals surface area contributed by atoms with Gasteiger partial charge in [-0.15, -0.1) is 0 Å². The van der Waals surface area contributed by atoms with E-state index in [1.165, 1.54) is 19.3 Å². The van der Waals surface area contributed by atoms with E-state index in [0.717, 1.165) is 0 Å². The summed E-state index contributed by atoms with van der Waals surface area (Å²) in [6.45, 7) is 3.31. The van der Waals surface area contributed by atoms with E-state index in [1.807, 2.05) is 0 Å². The molecule has 0 aliphatic rings. The molecule has 1 aromatic rings. The molecule has 2 N–H and O–H groups in total. The van der Waals surface area contributed by atoms with Crippen molar-refractivity contribution in [3.05, 3.63) is 42.5 Å². The number of rotatable bonds is 6. The van der Waals surface area contributed by atoms with E-state index in [9.17, 15) is 14.4 Å². The summed E-state index contributed by atoms with van der Waals surface area (Å²) < 4.78 is 9.27. The molecular formula is C14H16N2O5. The Kier molecular flexibility index (Phi) is 6.46. The van der Waals surface area contributed by atoms with Gasteiger partial charge in [0.15, 0.2) is 0 Å². The van der Waals surface area contributed by atoms with E-state index in [2.05, 4.69) is 21.9 Å². The smallest absolute Gasteiger partial charge is 0.338 e. The minimum absolute atomic E-state index is 0.107. The predicted molar refractivity (Wildman–Crippen MR) is 76.0 cm³/mol. The molecule has 7 nitrogen and oxygen atoms in total. The summed E-state index contributed by atoms with van der Waals surface area (Å²) in [4.78, 5) is 34.0. The van der Waals surface area contributed by atoms with E-state index >= 15 is 0 Å². The minimum atomic E-state index is -0.586. The molecule has 0 unspecified atom stereocenters. The Labute approximate surface area is 121 Å². The van der Waals surface area contributed by atoms with Crippen LogP contribution < -0.4 is 10.6 Å². The molecule has 0 heterocycles. The first-order valence-corrected chi connectivity index (χ1v) is 6.06. The molecule has 0 saturated heterocycles. The van der Waals surface area contributed by atoms with Gasteiger partial charge in [0.25, 0.3) is 0 Å². The van der Waals surface area contributed by atoms with Gasteiger partial charge in [-0.05, 0) is 18.2 Å². The van der Waals surface area contributed by atoms with Gasteiger partial charge in [-0.1, -0.05) is 18.7 Å². The number of carbonyl (C=O) groups is 3. The predicted octanol–water partition coefficient (Wildman–Crippen LogP) is 1.32. The van der Waals surface area contributed by atoms with Crippen LogP contribution >= 0.6 is 0 Å². The van der Waals surface area contributed by atoms with Gasteiger partial charge in [-0.25, -0.2) is 9.59 Å². The molecular weight excluding hydrogens is 276 g/mol. The van der Waals surface area contributed by atoms with Gasteiger partial charge in [0.2, 0.25) is 0 Å². The summed E-state index contributed by atoms with van der Waals surface area (Å²) in [6, 6.07) is 5.63. The number of methoxy groups -OCH3 is 1. The van der Waals surface area contributed by atoms with Crippen molar-refractivity contribution in [2.45, 2.75) is 0 Å². The molecule has 0 aliphatic heterocycles. The Morgan fingerprint density at radius 2 is 2.10 bits per heavy atom. The van der Waals surface area contributed by atoms with Crippen LogP contribution in [0.25, 0.3) is 0 Å². The third kappa shape index (κ3) is 5.77.